The molecule has 2 aromatic rings. The zero-order chi connectivity index (χ0) is 15.2. The predicted molar refractivity (Wildman–Crippen MR) is 60.4 cm³/mol. The molecule has 0 nitrogen and oxygen atoms in total. The Bertz CT molecular complexity index is 508. The molecule has 0 heterocycles. The molecular weight excluding hydrogens is 396 g/mol. The fraction of sp³-hybridized carbons (Fsp3) is 0. The highest BCUT2D eigenvalue weighted by molar-refractivity contribution is 6.50. The Labute approximate surface area is 122 Å². The SMILES string of the molecule is F[B-](F)(F)F.Fc1ccccc1[I+]c1ccccc1F. The molecule has 0 N–H and O–H groups in total. The van der Waals surface area contributed by atoms with Gasteiger partial charge in [0.25, 0.3) is 0 Å². The van der Waals surface area contributed by atoms with E-state index in [0.29, 0.717) is 7.14 Å². The Morgan fingerprint density at radius 1 is 0.650 bits per heavy atom. The van der Waals surface area contributed by atoms with Gasteiger partial charge in [0, 0.05) is 0 Å². The van der Waals surface area contributed by atoms with E-state index in [-0.39, 0.29) is 11.6 Å². The predicted octanol–water partition coefficient (Wildman–Crippen LogP) is 1.39. The standard InChI is InChI=1S/C12H8F2I.BF4/c13-9-5-1-3-7-11(9)15-12-8-4-2-6-10(12)14;2-1(3,4)5/h1-8H;/q+1;-1. The van der Waals surface area contributed by atoms with Crippen molar-refractivity contribution >= 4 is 7.25 Å². The molecule has 0 bridgehead atoms. The van der Waals surface area contributed by atoms with E-state index in [1.54, 1.807) is 36.4 Å². The van der Waals surface area contributed by atoms with Gasteiger partial charge in [0.15, 0.2) is 11.6 Å². The summed E-state index contributed by atoms with van der Waals surface area (Å²) in [5, 5.41) is 0. The van der Waals surface area contributed by atoms with Crippen LogP contribution >= 0.6 is 0 Å². The molecule has 0 spiro atoms. The normalized spacial score (nSPS) is 10.7. The molecule has 0 amide bonds. The molecular formula is C12H8BF6I. The van der Waals surface area contributed by atoms with Crippen molar-refractivity contribution in [1.29, 1.82) is 0 Å². The summed E-state index contributed by atoms with van der Waals surface area (Å²) in [6, 6.07) is 13.1. The van der Waals surface area contributed by atoms with Crippen LogP contribution in [0.2, 0.25) is 0 Å². The summed E-state index contributed by atoms with van der Waals surface area (Å²) in [6.45, 7) is 0. The van der Waals surface area contributed by atoms with E-state index < -0.39 is 28.5 Å². The van der Waals surface area contributed by atoms with Crippen LogP contribution in [0.4, 0.5) is 26.0 Å². The molecule has 0 saturated heterocycles. The van der Waals surface area contributed by atoms with Gasteiger partial charge in [-0.1, -0.05) is 24.3 Å². The first-order valence-corrected chi connectivity index (χ1v) is 7.44. The van der Waals surface area contributed by atoms with Crippen molar-refractivity contribution in [3.05, 3.63) is 67.3 Å². The van der Waals surface area contributed by atoms with E-state index >= 15 is 0 Å². The van der Waals surface area contributed by atoms with Crippen LogP contribution < -0.4 is 21.2 Å². The largest absolute Gasteiger partial charge is 0.673 e. The second-order valence-corrected chi connectivity index (χ2v) is 6.28. The number of hydrogen-bond donors (Lipinski definition) is 0. The summed E-state index contributed by atoms with van der Waals surface area (Å²) in [5.74, 6) is -0.484. The first-order valence-electron chi connectivity index (χ1n) is 5.28. The van der Waals surface area contributed by atoms with Crippen molar-refractivity contribution in [3.8, 4) is 0 Å². The molecule has 0 saturated carbocycles. The number of rotatable bonds is 2. The minimum absolute atomic E-state index is 0.242. The Morgan fingerprint density at radius 2 is 0.950 bits per heavy atom. The second-order valence-electron chi connectivity index (χ2n) is 3.42. The highest BCUT2D eigenvalue weighted by Crippen LogP contribution is 2.06. The van der Waals surface area contributed by atoms with Gasteiger partial charge in [-0.25, -0.2) is 8.78 Å². The van der Waals surface area contributed by atoms with Crippen LogP contribution in [0.3, 0.4) is 0 Å². The summed E-state index contributed by atoms with van der Waals surface area (Å²) in [4.78, 5) is 0. The van der Waals surface area contributed by atoms with Crippen LogP contribution in [0.15, 0.2) is 48.5 Å². The number of halogens is 7. The van der Waals surface area contributed by atoms with Crippen LogP contribution in [-0.2, 0) is 0 Å². The monoisotopic (exact) mass is 404 g/mol. The lowest BCUT2D eigenvalue weighted by atomic mass is 10.3. The zero-order valence-electron chi connectivity index (χ0n) is 9.84. The average Bonchev–Trinajstić information content (AvgIpc) is 2.33. The third-order valence-corrected chi connectivity index (χ3v) is 4.76. The van der Waals surface area contributed by atoms with Gasteiger partial charge in [0.1, 0.15) is 0 Å². The maximum absolute atomic E-state index is 13.3. The zero-order valence-corrected chi connectivity index (χ0v) is 12.0. The van der Waals surface area contributed by atoms with Crippen LogP contribution in [-0.4, -0.2) is 7.25 Å². The summed E-state index contributed by atoms with van der Waals surface area (Å²) < 4.78 is 66.9. The molecule has 2 aromatic carbocycles. The third kappa shape index (κ3) is 6.83. The van der Waals surface area contributed by atoms with E-state index in [4.69, 9.17) is 0 Å². The third-order valence-electron chi connectivity index (χ3n) is 1.85. The lowest BCUT2D eigenvalue weighted by molar-refractivity contribution is -0.603. The highest BCUT2D eigenvalue weighted by atomic mass is 127. The lowest BCUT2D eigenvalue weighted by Gasteiger charge is -1.94. The van der Waals surface area contributed by atoms with Crippen molar-refractivity contribution in [3.63, 3.8) is 0 Å². The molecule has 0 fully saturated rings. The topological polar surface area (TPSA) is 0 Å². The van der Waals surface area contributed by atoms with Gasteiger partial charge in [-0.05, 0) is 24.3 Å². The highest BCUT2D eigenvalue weighted by Gasteiger charge is 2.23. The summed E-state index contributed by atoms with van der Waals surface area (Å²) in [5.41, 5.74) is 0. The first-order chi connectivity index (χ1) is 9.27. The molecule has 0 aliphatic carbocycles. The van der Waals surface area contributed by atoms with Crippen molar-refractivity contribution < 1.29 is 47.2 Å². The van der Waals surface area contributed by atoms with Gasteiger partial charge in [-0.15, -0.1) is 0 Å². The molecule has 8 heteroatoms. The van der Waals surface area contributed by atoms with Gasteiger partial charge in [-0.3, -0.25) is 0 Å². The van der Waals surface area contributed by atoms with E-state index in [0.717, 1.165) is 0 Å². The van der Waals surface area contributed by atoms with Gasteiger partial charge in [-0.2, -0.15) is 0 Å². The summed E-state index contributed by atoms with van der Waals surface area (Å²) >= 11 is -0.765. The fourth-order valence-electron chi connectivity index (χ4n) is 1.14. The Kier molecular flexibility index (Phi) is 6.37. The number of hydrogen-bond acceptors (Lipinski definition) is 0. The van der Waals surface area contributed by atoms with Crippen LogP contribution in [0.25, 0.3) is 0 Å². The molecule has 20 heavy (non-hydrogen) atoms. The minimum atomic E-state index is -6.00. The maximum Gasteiger partial charge on any atom is 0.673 e. The molecule has 0 aromatic heterocycles. The van der Waals surface area contributed by atoms with E-state index in [1.165, 1.54) is 12.1 Å². The van der Waals surface area contributed by atoms with Gasteiger partial charge in [0.05, 0.1) is 0 Å². The van der Waals surface area contributed by atoms with E-state index in [1.807, 2.05) is 0 Å². The minimum Gasteiger partial charge on any atom is -0.418 e. The van der Waals surface area contributed by atoms with Crippen LogP contribution in [0, 0.1) is 18.8 Å². The lowest BCUT2D eigenvalue weighted by Crippen LogP contribution is -3.62. The molecule has 0 unspecified atom stereocenters. The van der Waals surface area contributed by atoms with E-state index in [2.05, 4.69) is 0 Å². The average molecular weight is 404 g/mol. The Morgan fingerprint density at radius 3 is 1.25 bits per heavy atom. The fourth-order valence-corrected chi connectivity index (χ4v) is 3.42. The molecule has 0 aliphatic rings. The molecule has 0 radical (unpaired) electrons. The molecule has 0 atom stereocenters. The van der Waals surface area contributed by atoms with Crippen LogP contribution in [0.5, 0.6) is 0 Å². The molecule has 108 valence electrons. The van der Waals surface area contributed by atoms with Gasteiger partial charge < -0.3 is 17.3 Å². The maximum atomic E-state index is 13.3. The molecule has 0 aliphatic heterocycles. The van der Waals surface area contributed by atoms with Crippen molar-refractivity contribution in [2.45, 2.75) is 0 Å². The van der Waals surface area contributed by atoms with Gasteiger partial charge >= 0.3 is 28.5 Å². The molecule has 2 rings (SSSR count). The first kappa shape index (κ1) is 16.9. The van der Waals surface area contributed by atoms with Crippen LogP contribution in [0.1, 0.15) is 0 Å². The Hall–Kier alpha value is -1.19. The van der Waals surface area contributed by atoms with Crippen molar-refractivity contribution in [2.24, 2.45) is 0 Å². The van der Waals surface area contributed by atoms with Crippen molar-refractivity contribution in [2.75, 3.05) is 0 Å². The Balaban J connectivity index is 0.000000347. The van der Waals surface area contributed by atoms with Gasteiger partial charge in [0.2, 0.25) is 7.14 Å². The smallest absolute Gasteiger partial charge is 0.418 e. The van der Waals surface area contributed by atoms with Crippen molar-refractivity contribution in [1.82, 2.24) is 0 Å². The second kappa shape index (κ2) is 7.56. The van der Waals surface area contributed by atoms with E-state index in [9.17, 15) is 26.0 Å². The quantitative estimate of drug-likeness (QED) is 0.404. The summed E-state index contributed by atoms with van der Waals surface area (Å²) in [6.07, 6.45) is 0. The summed E-state index contributed by atoms with van der Waals surface area (Å²) in [7, 11) is -6.00. The number of benzene rings is 2.